The van der Waals surface area contributed by atoms with Gasteiger partial charge in [-0.1, -0.05) is 29.4 Å². The molecule has 0 saturated carbocycles. The zero-order valence-electron chi connectivity index (χ0n) is 17.9. The zero-order valence-corrected chi connectivity index (χ0v) is 19.5. The van der Waals surface area contributed by atoms with Crippen molar-refractivity contribution in [3.8, 4) is 12.1 Å². The molecule has 4 aliphatic rings. The van der Waals surface area contributed by atoms with Crippen LogP contribution in [-0.4, -0.2) is 47.6 Å². The average Bonchev–Trinajstić information content (AvgIpc) is 3.54. The van der Waals surface area contributed by atoms with Gasteiger partial charge in [-0.25, -0.2) is 8.78 Å². The predicted octanol–water partition coefficient (Wildman–Crippen LogP) is 4.08. The van der Waals surface area contributed by atoms with Crippen molar-refractivity contribution >= 4 is 45.7 Å². The summed E-state index contributed by atoms with van der Waals surface area (Å²) in [5.41, 5.74) is 6.68. The molecule has 1 aromatic carbocycles. The number of methoxy groups -OCH3 is 1. The SMILES string of the molecule is COc1nc(N2CC3CC2CO3)c2cc(Cl)c(C3=CC=C(F)C4SC(N)=C(C#N)C34)c(F)c2n1. The highest BCUT2D eigenvalue weighted by atomic mass is 35.5. The minimum Gasteiger partial charge on any atom is -0.467 e. The van der Waals surface area contributed by atoms with E-state index in [1.165, 1.54) is 19.3 Å². The number of halogens is 3. The van der Waals surface area contributed by atoms with Crippen LogP contribution < -0.4 is 15.4 Å². The van der Waals surface area contributed by atoms with Gasteiger partial charge in [0, 0.05) is 23.4 Å². The van der Waals surface area contributed by atoms with E-state index in [-0.39, 0.29) is 44.9 Å². The van der Waals surface area contributed by atoms with Gasteiger partial charge in [0.25, 0.3) is 0 Å². The number of nitrogens with two attached hydrogens (primary N) is 1. The molecule has 11 heteroatoms. The Balaban J connectivity index is 1.56. The molecule has 2 bridgehead atoms. The van der Waals surface area contributed by atoms with E-state index in [4.69, 9.17) is 26.8 Å². The Bertz CT molecular complexity index is 1390. The molecule has 4 atom stereocenters. The first-order chi connectivity index (χ1) is 16.4. The number of thioether (sulfide) groups is 1. The molecule has 34 heavy (non-hydrogen) atoms. The average molecular weight is 502 g/mol. The molecule has 7 nitrogen and oxygen atoms in total. The number of ether oxygens (including phenoxy) is 2. The predicted molar refractivity (Wildman–Crippen MR) is 125 cm³/mol. The van der Waals surface area contributed by atoms with Crippen LogP contribution in [0, 0.1) is 23.1 Å². The number of benzene rings is 1. The van der Waals surface area contributed by atoms with Crippen LogP contribution in [0.4, 0.5) is 14.6 Å². The first-order valence-electron chi connectivity index (χ1n) is 10.7. The van der Waals surface area contributed by atoms with Crippen LogP contribution in [0.1, 0.15) is 12.0 Å². The molecule has 4 heterocycles. The second kappa shape index (κ2) is 7.83. The summed E-state index contributed by atoms with van der Waals surface area (Å²) in [6.45, 7) is 1.20. The molecule has 2 saturated heterocycles. The third-order valence-corrected chi connectivity index (χ3v) is 8.29. The van der Waals surface area contributed by atoms with E-state index in [9.17, 15) is 9.65 Å². The highest BCUT2D eigenvalue weighted by molar-refractivity contribution is 8.04. The molecule has 2 fully saturated rings. The van der Waals surface area contributed by atoms with Crippen molar-refractivity contribution < 1.29 is 18.3 Å². The summed E-state index contributed by atoms with van der Waals surface area (Å²) in [6.07, 6.45) is 3.70. The minimum atomic E-state index is -0.751. The van der Waals surface area contributed by atoms with Gasteiger partial charge in [-0.3, -0.25) is 0 Å². The van der Waals surface area contributed by atoms with E-state index in [1.54, 1.807) is 6.07 Å². The van der Waals surface area contributed by atoms with Gasteiger partial charge in [-0.15, -0.1) is 0 Å². The molecule has 0 amide bonds. The number of morpholine rings is 1. The maximum atomic E-state index is 16.2. The van der Waals surface area contributed by atoms with Gasteiger partial charge >= 0.3 is 6.01 Å². The number of allylic oxidation sites excluding steroid dienone is 4. The van der Waals surface area contributed by atoms with Crippen LogP contribution in [0.5, 0.6) is 6.01 Å². The molecule has 3 aliphatic heterocycles. The number of anilines is 1. The molecule has 2 aromatic rings. The maximum absolute atomic E-state index is 16.2. The first-order valence-corrected chi connectivity index (χ1v) is 11.9. The van der Waals surface area contributed by atoms with E-state index in [2.05, 4.69) is 20.9 Å². The number of rotatable bonds is 3. The number of nitrogens with zero attached hydrogens (tertiary/aromatic N) is 4. The zero-order chi connectivity index (χ0) is 23.7. The van der Waals surface area contributed by atoms with Crippen LogP contribution in [0.2, 0.25) is 5.02 Å². The fourth-order valence-electron chi connectivity index (χ4n) is 5.23. The third-order valence-electron chi connectivity index (χ3n) is 6.77. The lowest BCUT2D eigenvalue weighted by molar-refractivity contribution is 0.0989. The van der Waals surface area contributed by atoms with Crippen LogP contribution in [0.3, 0.4) is 0 Å². The lowest BCUT2D eigenvalue weighted by atomic mass is 9.81. The summed E-state index contributed by atoms with van der Waals surface area (Å²) >= 11 is 7.72. The summed E-state index contributed by atoms with van der Waals surface area (Å²) in [5.74, 6) is -1.33. The summed E-state index contributed by atoms with van der Waals surface area (Å²) in [6, 6.07) is 3.84. The standard InChI is InChI=1S/C23H18ClF2N5O2S/c1-32-23-29-19-12(22(30-23)31-7-10-4-9(31)8-33-10)5-14(24)17(18(19)26)11-2-3-15(25)20-16(11)13(6-27)21(28)34-20/h2-3,5,9-10,16,20H,4,7-8,28H2,1H3. The molecule has 0 spiro atoms. The molecule has 1 aliphatic carbocycles. The molecule has 6 rings (SSSR count). The third kappa shape index (κ3) is 3.04. The van der Waals surface area contributed by atoms with Crippen LogP contribution >= 0.6 is 23.4 Å². The quantitative estimate of drug-likeness (QED) is 0.672. The molecule has 2 N–H and O–H groups in total. The van der Waals surface area contributed by atoms with Crippen LogP contribution in [0.15, 0.2) is 34.6 Å². The molecule has 1 aromatic heterocycles. The van der Waals surface area contributed by atoms with Gasteiger partial charge in [-0.2, -0.15) is 15.2 Å². The van der Waals surface area contributed by atoms with Crippen molar-refractivity contribution in [2.45, 2.75) is 23.8 Å². The minimum absolute atomic E-state index is 0.0260. The highest BCUT2D eigenvalue weighted by Gasteiger charge is 2.44. The summed E-state index contributed by atoms with van der Waals surface area (Å²) in [5, 5.41) is 9.72. The van der Waals surface area contributed by atoms with Crippen molar-refractivity contribution in [3.63, 3.8) is 0 Å². The summed E-state index contributed by atoms with van der Waals surface area (Å²) < 4.78 is 41.8. The van der Waals surface area contributed by atoms with Gasteiger partial charge in [0.05, 0.1) is 52.8 Å². The first kappa shape index (κ1) is 21.6. The Hall–Kier alpha value is -2.87. The van der Waals surface area contributed by atoms with Gasteiger partial charge in [-0.05, 0) is 24.1 Å². The molecular weight excluding hydrogens is 484 g/mol. The van der Waals surface area contributed by atoms with Gasteiger partial charge in [0.2, 0.25) is 0 Å². The Kier molecular flexibility index (Phi) is 4.99. The monoisotopic (exact) mass is 501 g/mol. The van der Waals surface area contributed by atoms with Gasteiger partial charge in [0.1, 0.15) is 17.2 Å². The van der Waals surface area contributed by atoms with E-state index in [0.717, 1.165) is 18.2 Å². The van der Waals surface area contributed by atoms with Gasteiger partial charge < -0.3 is 20.1 Å². The summed E-state index contributed by atoms with van der Waals surface area (Å²) in [4.78, 5) is 10.9. The number of hydrogen-bond donors (Lipinski definition) is 1. The Labute approximate surface area is 202 Å². The smallest absolute Gasteiger partial charge is 0.318 e. The number of nitriles is 1. The lowest BCUT2D eigenvalue weighted by Gasteiger charge is -2.29. The number of fused-ring (bicyclic) bond motifs is 4. The Morgan fingerprint density at radius 2 is 2.18 bits per heavy atom. The molecule has 174 valence electrons. The van der Waals surface area contributed by atoms with Crippen molar-refractivity contribution in [2.24, 2.45) is 11.7 Å². The van der Waals surface area contributed by atoms with Crippen molar-refractivity contribution in [1.29, 1.82) is 5.26 Å². The van der Waals surface area contributed by atoms with E-state index >= 15 is 4.39 Å². The van der Waals surface area contributed by atoms with Crippen molar-refractivity contribution in [1.82, 2.24) is 9.97 Å². The van der Waals surface area contributed by atoms with Crippen LogP contribution in [0.25, 0.3) is 16.5 Å². The van der Waals surface area contributed by atoms with Gasteiger partial charge in [0.15, 0.2) is 5.82 Å². The number of aromatic nitrogens is 2. The lowest BCUT2D eigenvalue weighted by Crippen LogP contribution is -2.37. The fraction of sp³-hybridized carbons (Fsp3) is 0.348. The maximum Gasteiger partial charge on any atom is 0.318 e. The summed E-state index contributed by atoms with van der Waals surface area (Å²) in [7, 11) is 1.42. The molecular formula is C23H18ClF2N5O2S. The highest BCUT2D eigenvalue weighted by Crippen LogP contribution is 2.53. The van der Waals surface area contributed by atoms with Crippen molar-refractivity contribution in [3.05, 3.63) is 51.1 Å². The fourth-order valence-corrected chi connectivity index (χ4v) is 6.72. The van der Waals surface area contributed by atoms with E-state index < -0.39 is 22.8 Å². The second-order valence-corrected chi connectivity index (χ2v) is 10.1. The molecule has 0 radical (unpaired) electrons. The molecule has 4 unspecified atom stereocenters. The van der Waals surface area contributed by atoms with Crippen LogP contribution in [-0.2, 0) is 4.74 Å². The Morgan fingerprint density at radius 3 is 2.85 bits per heavy atom. The normalized spacial score (nSPS) is 27.7. The Morgan fingerprint density at radius 1 is 1.35 bits per heavy atom. The topological polar surface area (TPSA) is 97.3 Å². The van der Waals surface area contributed by atoms with E-state index in [0.29, 0.717) is 29.9 Å². The van der Waals surface area contributed by atoms with E-state index in [1.807, 2.05) is 0 Å². The largest absolute Gasteiger partial charge is 0.467 e. The van der Waals surface area contributed by atoms with Crippen molar-refractivity contribution in [2.75, 3.05) is 25.2 Å². The number of hydrogen-bond acceptors (Lipinski definition) is 8. The second-order valence-electron chi connectivity index (χ2n) is 8.55.